The summed E-state index contributed by atoms with van der Waals surface area (Å²) in [4.78, 5) is 52.6. The molecule has 2 amide bonds. The number of carbonyl (C=O) groups is 3. The van der Waals surface area contributed by atoms with E-state index in [1.54, 1.807) is 6.20 Å². The number of aromatic nitrogens is 4. The molecule has 5 aromatic rings. The van der Waals surface area contributed by atoms with Gasteiger partial charge in [-0.15, -0.1) is 0 Å². The van der Waals surface area contributed by atoms with Crippen LogP contribution < -0.4 is 15.5 Å². The van der Waals surface area contributed by atoms with Crippen LogP contribution in [-0.4, -0.2) is 125 Å². The van der Waals surface area contributed by atoms with Crippen molar-refractivity contribution in [2.45, 2.75) is 117 Å². The van der Waals surface area contributed by atoms with Crippen molar-refractivity contribution in [2.24, 2.45) is 16.2 Å². The lowest BCUT2D eigenvalue weighted by Crippen LogP contribution is -2.64. The van der Waals surface area contributed by atoms with Gasteiger partial charge in [0.25, 0.3) is 16.0 Å². The third-order valence-corrected chi connectivity index (χ3v) is 19.0. The van der Waals surface area contributed by atoms with E-state index >= 15 is 0 Å². The lowest BCUT2D eigenvalue weighted by molar-refractivity contribution is -0.248. The number of aromatic carboxylic acids is 1. The predicted molar refractivity (Wildman–Crippen MR) is 294 cm³/mol. The summed E-state index contributed by atoms with van der Waals surface area (Å²) in [6.45, 7) is 13.4. The third-order valence-electron chi connectivity index (χ3n) is 16.0. The van der Waals surface area contributed by atoms with Crippen LogP contribution in [0, 0.1) is 23.2 Å². The van der Waals surface area contributed by atoms with Crippen molar-refractivity contribution in [2.75, 3.05) is 61.1 Å². The second-order valence-corrected chi connectivity index (χ2v) is 27.3. The van der Waals surface area contributed by atoms with E-state index in [-0.39, 0.29) is 52.5 Å². The van der Waals surface area contributed by atoms with E-state index in [1.807, 2.05) is 76.0 Å². The Bertz CT molecular complexity index is 3200. The monoisotopic (exact) mass is 1100 g/mol. The summed E-state index contributed by atoms with van der Waals surface area (Å²) >= 11 is 1.42. The van der Waals surface area contributed by atoms with Gasteiger partial charge < -0.3 is 20.1 Å². The van der Waals surface area contributed by atoms with Gasteiger partial charge >= 0.3 is 5.97 Å². The lowest BCUT2D eigenvalue weighted by atomic mass is 9.39. The maximum Gasteiger partial charge on any atom is 0.355 e. The fourth-order valence-electron chi connectivity index (χ4n) is 13.9. The number of rotatable bonds is 25. The number of unbranched alkanes of at least 4 members (excludes halogenated alkanes) is 2. The minimum atomic E-state index is -4.21. The highest BCUT2D eigenvalue weighted by Crippen LogP contribution is 2.72. The number of hydrogen-bond acceptors (Lipinski definition) is 14. The normalized spacial score (nSPS) is 23.0. The van der Waals surface area contributed by atoms with Gasteiger partial charge in [0.2, 0.25) is 5.91 Å². The second-order valence-electron chi connectivity index (χ2n) is 22.6. The number of hydrogen-bond donors (Lipinski definition) is 4. The summed E-state index contributed by atoms with van der Waals surface area (Å²) in [6.07, 6.45) is 10.6. The Morgan fingerprint density at radius 3 is 2.39 bits per heavy atom. The molecule has 21 heteroatoms. The van der Waals surface area contributed by atoms with Crippen LogP contribution in [0.15, 0.2) is 72.8 Å². The zero-order chi connectivity index (χ0) is 54.1. The molecule has 408 valence electrons. The molecule has 5 aliphatic rings. The molecule has 1 aliphatic heterocycles. The van der Waals surface area contributed by atoms with Crippen LogP contribution in [0.4, 0.5) is 10.9 Å². The van der Waals surface area contributed by atoms with Gasteiger partial charge in [0.05, 0.1) is 40.1 Å². The number of carboxylic acid groups (broad SMARTS) is 1. The molecule has 2 unspecified atom stereocenters. The number of ether oxygens (including phenoxy) is 1. The van der Waals surface area contributed by atoms with Crippen LogP contribution in [0.5, 0.6) is 0 Å². The molecule has 2 aromatic carbocycles. The molecule has 18 nitrogen and oxygen atoms in total. The molecule has 4 aliphatic carbocycles. The van der Waals surface area contributed by atoms with Gasteiger partial charge in [-0.2, -0.15) is 13.5 Å². The van der Waals surface area contributed by atoms with Crippen LogP contribution in [0.3, 0.4) is 0 Å². The standard InChI is InChI=1S/C55H70N8O10S3/c1-5-75(68,69)27-10-6-7-17-47(64)56-21-12-22-61(25-28-76(70,71)72)24-26-73-55-34-52(3)31-53(4,35-55)33-54(32-52,36-55)37-63-38(2)42(29-57-63)40-18-19-46(59-48(40)50(66)67)62-23-20-39-13-11-14-41(43(39)30-62)49(65)60-51-58-44-15-8-9-16-45(44)74-51/h5,8-9,11,13-16,18-19,29H,1,6-7,10,12,17,20-28,30-37H2,2-4H3,(H,56,64)(H,66,67)(H,58,60,65)(H,70,71,72). The van der Waals surface area contributed by atoms with Gasteiger partial charge in [-0.05, 0) is 135 Å². The fourth-order valence-corrected chi connectivity index (χ4v) is 16.0. The average molecular weight is 1100 g/mol. The second kappa shape index (κ2) is 22.0. The number of carbonyl (C=O) groups excluding carboxylic acids is 2. The number of nitrogens with zero attached hydrogens (tertiary/aromatic N) is 6. The van der Waals surface area contributed by atoms with E-state index in [4.69, 9.17) is 14.8 Å². The van der Waals surface area contributed by atoms with Gasteiger partial charge in [0.15, 0.2) is 20.7 Å². The number of fused-ring (bicyclic) bond motifs is 2. The number of pyridine rings is 1. The first kappa shape index (κ1) is 55.2. The SMILES string of the molecule is C=CS(=O)(=O)CCCCCC(=O)NCCCN(CCOC12CC3(C)CC(C)(CC(Cn4ncc(-c5ccc(N6CCc7cccc(C(=O)Nc8nc9ccccc9s8)c7C6)nc5C(=O)O)c4C)(C3)C1)C2)CCS(=O)(=O)O. The Balaban J connectivity index is 0.844. The highest BCUT2D eigenvalue weighted by atomic mass is 32.2. The number of benzene rings is 2. The van der Waals surface area contributed by atoms with E-state index in [0.29, 0.717) is 106 Å². The van der Waals surface area contributed by atoms with Crippen molar-refractivity contribution in [1.82, 2.24) is 30.0 Å². The van der Waals surface area contributed by atoms with Crippen molar-refractivity contribution < 1.29 is 45.6 Å². The number of sulfone groups is 1. The Morgan fingerprint density at radius 2 is 1.66 bits per heavy atom. The Kier molecular flexibility index (Phi) is 16.0. The summed E-state index contributed by atoms with van der Waals surface area (Å²) in [6, 6.07) is 17.1. The lowest BCUT2D eigenvalue weighted by Gasteiger charge is -2.69. The molecule has 0 saturated heterocycles. The van der Waals surface area contributed by atoms with Crippen molar-refractivity contribution in [3.05, 3.63) is 101 Å². The predicted octanol–water partition coefficient (Wildman–Crippen LogP) is 8.33. The van der Waals surface area contributed by atoms with Crippen molar-refractivity contribution in [1.29, 1.82) is 0 Å². The van der Waals surface area contributed by atoms with Gasteiger partial charge in [-0.25, -0.2) is 23.2 Å². The number of anilines is 2. The molecule has 4 saturated carbocycles. The summed E-state index contributed by atoms with van der Waals surface area (Å²) < 4.78 is 66.6. The molecule has 4 N–H and O–H groups in total. The third kappa shape index (κ3) is 12.9. The molecule has 10 rings (SSSR count). The first-order valence-corrected chi connectivity index (χ1v) is 30.4. The Morgan fingerprint density at radius 1 is 0.882 bits per heavy atom. The van der Waals surface area contributed by atoms with Crippen molar-refractivity contribution in [3.63, 3.8) is 0 Å². The summed E-state index contributed by atoms with van der Waals surface area (Å²) in [5.41, 5.74) is 4.70. The molecular formula is C55H70N8O10S3. The van der Waals surface area contributed by atoms with Crippen LogP contribution in [-0.2, 0) is 49.0 Å². The summed E-state index contributed by atoms with van der Waals surface area (Å²) in [5, 5.41) is 23.0. The summed E-state index contributed by atoms with van der Waals surface area (Å²) in [5.74, 6) is -1.44. The minimum Gasteiger partial charge on any atom is -0.476 e. The van der Waals surface area contributed by atoms with Crippen molar-refractivity contribution in [3.8, 4) is 11.1 Å². The van der Waals surface area contributed by atoms with Crippen LogP contribution >= 0.6 is 11.3 Å². The topological polar surface area (TPSA) is 243 Å². The first-order valence-electron chi connectivity index (χ1n) is 26.3. The largest absolute Gasteiger partial charge is 0.476 e. The molecular weight excluding hydrogens is 1030 g/mol. The van der Waals surface area contributed by atoms with Gasteiger partial charge in [0, 0.05) is 73.5 Å². The van der Waals surface area contributed by atoms with Crippen LogP contribution in [0.25, 0.3) is 21.3 Å². The summed E-state index contributed by atoms with van der Waals surface area (Å²) in [7, 11) is -7.47. The number of para-hydroxylation sites is 1. The molecule has 3 aromatic heterocycles. The molecule has 0 spiro atoms. The van der Waals surface area contributed by atoms with Gasteiger partial charge in [-0.1, -0.05) is 62.4 Å². The molecule has 0 radical (unpaired) electrons. The van der Waals surface area contributed by atoms with E-state index in [1.165, 1.54) is 11.3 Å². The minimum absolute atomic E-state index is 0.0139. The first-order chi connectivity index (χ1) is 36.1. The van der Waals surface area contributed by atoms with Crippen molar-refractivity contribution >= 4 is 70.2 Å². The highest BCUT2D eigenvalue weighted by molar-refractivity contribution is 7.94. The number of amides is 2. The molecule has 4 bridgehead atoms. The number of carboxylic acids is 1. The number of nitrogens with one attached hydrogen (secondary N) is 2. The zero-order valence-corrected chi connectivity index (χ0v) is 46.1. The van der Waals surface area contributed by atoms with E-state index in [9.17, 15) is 40.9 Å². The molecule has 4 heterocycles. The van der Waals surface area contributed by atoms with Crippen LogP contribution in [0.1, 0.15) is 122 Å². The Labute approximate surface area is 449 Å². The number of thiazole rings is 1. The smallest absolute Gasteiger partial charge is 0.355 e. The molecule has 76 heavy (non-hydrogen) atoms. The maximum atomic E-state index is 13.7. The van der Waals surface area contributed by atoms with E-state index in [0.717, 1.165) is 71.0 Å². The molecule has 4 fully saturated rings. The Hall–Kier alpha value is -5.58. The quantitative estimate of drug-likeness (QED) is 0.0317. The maximum absolute atomic E-state index is 13.7. The highest BCUT2D eigenvalue weighted by Gasteiger charge is 2.66. The van der Waals surface area contributed by atoms with Crippen LogP contribution in [0.2, 0.25) is 0 Å². The average Bonchev–Trinajstić information content (AvgIpc) is 4.04. The fraction of sp³-hybridized carbons (Fsp3) is 0.527. The van der Waals surface area contributed by atoms with Gasteiger partial charge in [-0.3, -0.25) is 29.0 Å². The zero-order valence-electron chi connectivity index (χ0n) is 43.7. The van der Waals surface area contributed by atoms with E-state index in [2.05, 4.69) is 36.0 Å². The van der Waals surface area contributed by atoms with E-state index < -0.39 is 37.3 Å². The van der Waals surface area contributed by atoms with Gasteiger partial charge in [0.1, 0.15) is 5.82 Å². The molecule has 2 atom stereocenters.